The molecule has 2 aromatic heterocycles. The molecule has 0 spiro atoms. The number of ether oxygens (including phenoxy) is 5. The van der Waals surface area contributed by atoms with Crippen LogP contribution in [-0.4, -0.2) is 125 Å². The van der Waals surface area contributed by atoms with E-state index in [0.717, 1.165) is 16.7 Å². The molecule has 0 unspecified atom stereocenters. The predicted octanol–water partition coefficient (Wildman–Crippen LogP) is 7.32. The number of aliphatic hydroxyl groups excluding tert-OH is 1. The second kappa shape index (κ2) is 26.6. The number of aromatic nitrogens is 4. The fraction of sp³-hybridized carbons (Fsp3) is 0.389. The largest absolute Gasteiger partial charge is 0.497 e. The van der Waals surface area contributed by atoms with Crippen LogP contribution < -0.4 is 30.7 Å². The van der Waals surface area contributed by atoms with Gasteiger partial charge in [-0.25, -0.2) is 15.0 Å². The molecule has 0 saturated carbocycles. The molecule has 1 saturated heterocycles. The standard InChI is InChI=1S/C54H58F6N8O10/c1-74-38-24-20-36(21-25-38)52(35-17-9-6-10-18-35,37-22-26-39(75-2)27-23-37)77-31-41-43(69)44(49(78-41)68-33-65-42-45(63-32-64-46(42)68)67-47(70)34-15-7-5-8-16-34)76-30-14-4-3-12-28-61-48(71)40(66-51(73)54(58,59)60)19-11-13-29-62-50(72)53(55,56)57/h5-10,15-18,20-27,32-33,40-41,43-44,49,69H,3-4,11-14,19,28-31H2,1-2H3,(H,61,71)(H,62,72)(H,66,73)(H,63,64,67,70)/t40-,41+,43+,44+,49+/m0/s1. The Bertz CT molecular complexity index is 2870. The molecular weight excluding hydrogens is 1030 g/mol. The van der Waals surface area contributed by atoms with E-state index in [4.69, 9.17) is 23.7 Å². The summed E-state index contributed by atoms with van der Waals surface area (Å²) < 4.78 is 110. The number of carbonyl (C=O) groups excluding carboxylic acids is 4. The number of aliphatic hydroxyl groups is 1. The SMILES string of the molecule is COc1ccc(C(OC[C@H]2O[C@@H](n3cnc4c(NC(=O)c5ccccc5)ncnc43)[C@H](OCCCCCCNC(=O)[C@H](CCCCNC(=O)C(F)(F)F)NC(=O)C(F)(F)F)[C@@H]2O)(c2ccccc2)c2ccc(OC)cc2)cc1. The Kier molecular flexibility index (Phi) is 19.8. The van der Waals surface area contributed by atoms with Crippen LogP contribution in [0.1, 0.15) is 78.2 Å². The van der Waals surface area contributed by atoms with Crippen molar-refractivity contribution >= 4 is 40.6 Å². The van der Waals surface area contributed by atoms with E-state index in [-0.39, 0.29) is 56.0 Å². The van der Waals surface area contributed by atoms with E-state index >= 15 is 0 Å². The lowest BCUT2D eigenvalue weighted by atomic mass is 9.80. The van der Waals surface area contributed by atoms with Gasteiger partial charge in [-0.3, -0.25) is 23.7 Å². The Morgan fingerprint density at radius 3 is 1.88 bits per heavy atom. The number of nitrogens with one attached hydrogen (secondary N) is 4. The fourth-order valence-corrected chi connectivity index (χ4v) is 8.86. The Morgan fingerprint density at radius 1 is 0.692 bits per heavy atom. The van der Waals surface area contributed by atoms with Crippen LogP contribution in [0.25, 0.3) is 11.2 Å². The van der Waals surface area contributed by atoms with Gasteiger partial charge in [-0.05, 0) is 85.2 Å². The minimum atomic E-state index is -5.30. The maximum Gasteiger partial charge on any atom is 0.471 e. The molecule has 5 N–H and O–H groups in total. The minimum absolute atomic E-state index is 0.0134. The lowest BCUT2D eigenvalue weighted by Gasteiger charge is -2.37. The van der Waals surface area contributed by atoms with E-state index in [1.807, 2.05) is 78.9 Å². The average molecular weight is 1090 g/mol. The fourth-order valence-electron chi connectivity index (χ4n) is 8.86. The number of hydrogen-bond donors (Lipinski definition) is 5. The van der Waals surface area contributed by atoms with Crippen LogP contribution in [0.3, 0.4) is 0 Å². The van der Waals surface area contributed by atoms with Gasteiger partial charge < -0.3 is 50.1 Å². The number of rotatable bonds is 26. The molecular formula is C54H58F6N8O10. The molecule has 1 aliphatic heterocycles. The van der Waals surface area contributed by atoms with Gasteiger partial charge in [0, 0.05) is 25.3 Å². The van der Waals surface area contributed by atoms with Crippen LogP contribution in [0.2, 0.25) is 0 Å². The first-order valence-electron chi connectivity index (χ1n) is 24.9. The monoisotopic (exact) mass is 1090 g/mol. The van der Waals surface area contributed by atoms with Gasteiger partial charge in [-0.15, -0.1) is 0 Å². The average Bonchev–Trinajstić information content (AvgIpc) is 4.15. The number of methoxy groups -OCH3 is 2. The van der Waals surface area contributed by atoms with Gasteiger partial charge in [0.1, 0.15) is 47.8 Å². The maximum absolute atomic E-state index is 13.2. The third-order valence-electron chi connectivity index (χ3n) is 12.9. The quantitative estimate of drug-likeness (QED) is 0.0204. The van der Waals surface area contributed by atoms with Gasteiger partial charge in [0.2, 0.25) is 5.91 Å². The lowest BCUT2D eigenvalue weighted by molar-refractivity contribution is -0.174. The third kappa shape index (κ3) is 14.5. The van der Waals surface area contributed by atoms with E-state index in [2.05, 4.69) is 25.6 Å². The summed E-state index contributed by atoms with van der Waals surface area (Å²) in [5.74, 6) is -4.53. The summed E-state index contributed by atoms with van der Waals surface area (Å²) in [5, 5.41) is 20.8. The summed E-state index contributed by atoms with van der Waals surface area (Å²) in [4.78, 5) is 62.3. The summed E-state index contributed by atoms with van der Waals surface area (Å²) >= 11 is 0. The topological polar surface area (TPSA) is 226 Å². The molecule has 416 valence electrons. The summed E-state index contributed by atoms with van der Waals surface area (Å²) in [5.41, 5.74) is 1.83. The lowest BCUT2D eigenvalue weighted by Crippen LogP contribution is -2.50. The van der Waals surface area contributed by atoms with Crippen LogP contribution in [0, 0.1) is 0 Å². The van der Waals surface area contributed by atoms with Gasteiger partial charge in [-0.1, -0.05) is 85.6 Å². The number of halogens is 6. The van der Waals surface area contributed by atoms with Gasteiger partial charge in [0.25, 0.3) is 5.91 Å². The highest BCUT2D eigenvalue weighted by molar-refractivity contribution is 6.06. The highest BCUT2D eigenvalue weighted by Gasteiger charge is 2.49. The number of hydrogen-bond acceptors (Lipinski definition) is 13. The highest BCUT2D eigenvalue weighted by Crippen LogP contribution is 2.43. The molecule has 6 aromatic rings. The second-order valence-electron chi connectivity index (χ2n) is 18.1. The number of amides is 4. The number of alkyl halides is 6. The zero-order valence-corrected chi connectivity index (χ0v) is 42.4. The first kappa shape index (κ1) is 58.0. The van der Waals surface area contributed by atoms with Crippen molar-refractivity contribution in [3.05, 3.63) is 144 Å². The molecule has 0 bridgehead atoms. The number of benzene rings is 4. The molecule has 5 atom stereocenters. The zero-order valence-electron chi connectivity index (χ0n) is 42.4. The molecule has 7 rings (SSSR count). The molecule has 78 heavy (non-hydrogen) atoms. The molecule has 4 amide bonds. The summed E-state index contributed by atoms with van der Waals surface area (Å²) in [7, 11) is 3.14. The Balaban J connectivity index is 1.05. The van der Waals surface area contributed by atoms with Crippen LogP contribution in [0.4, 0.5) is 32.2 Å². The van der Waals surface area contributed by atoms with Crippen molar-refractivity contribution < 1.29 is 74.3 Å². The molecule has 0 aliphatic carbocycles. The van der Waals surface area contributed by atoms with E-state index in [0.29, 0.717) is 42.7 Å². The zero-order chi connectivity index (χ0) is 55.9. The van der Waals surface area contributed by atoms with Crippen molar-refractivity contribution in [2.75, 3.05) is 45.8 Å². The molecule has 18 nitrogen and oxygen atoms in total. The number of unbranched alkanes of at least 4 members (excludes halogenated alkanes) is 4. The van der Waals surface area contributed by atoms with Crippen molar-refractivity contribution in [1.29, 1.82) is 0 Å². The van der Waals surface area contributed by atoms with Crippen molar-refractivity contribution in [2.24, 2.45) is 0 Å². The van der Waals surface area contributed by atoms with Gasteiger partial charge in [0.05, 0.1) is 27.2 Å². The number of carbonyl (C=O) groups is 4. The van der Waals surface area contributed by atoms with Crippen molar-refractivity contribution in [3.8, 4) is 11.5 Å². The minimum Gasteiger partial charge on any atom is -0.497 e. The van der Waals surface area contributed by atoms with E-state index < -0.39 is 78.7 Å². The summed E-state index contributed by atoms with van der Waals surface area (Å²) in [6.07, 6.45) is -10.9. The molecule has 4 aromatic carbocycles. The van der Waals surface area contributed by atoms with Gasteiger partial charge >= 0.3 is 24.2 Å². The maximum atomic E-state index is 13.2. The first-order valence-corrected chi connectivity index (χ1v) is 24.9. The number of imidazole rings is 1. The predicted molar refractivity (Wildman–Crippen MR) is 270 cm³/mol. The van der Waals surface area contributed by atoms with Crippen LogP contribution in [0.15, 0.2) is 122 Å². The molecule has 24 heteroatoms. The molecule has 1 fully saturated rings. The Morgan fingerprint density at radius 2 is 1.27 bits per heavy atom. The van der Waals surface area contributed by atoms with E-state index in [9.17, 15) is 50.6 Å². The van der Waals surface area contributed by atoms with Gasteiger partial charge in [-0.2, -0.15) is 26.3 Å². The highest BCUT2D eigenvalue weighted by atomic mass is 19.4. The van der Waals surface area contributed by atoms with E-state index in [1.165, 1.54) is 12.7 Å². The smallest absolute Gasteiger partial charge is 0.471 e. The Labute approximate surface area is 444 Å². The number of nitrogens with zero attached hydrogens (tertiary/aromatic N) is 4. The van der Waals surface area contributed by atoms with E-state index in [1.54, 1.807) is 59.8 Å². The number of anilines is 1. The van der Waals surface area contributed by atoms with Crippen LogP contribution in [0.5, 0.6) is 11.5 Å². The Hall–Kier alpha value is -7.67. The van der Waals surface area contributed by atoms with Crippen LogP contribution >= 0.6 is 0 Å². The first-order chi connectivity index (χ1) is 37.4. The van der Waals surface area contributed by atoms with Gasteiger partial charge in [0.15, 0.2) is 23.2 Å². The molecule has 1 aliphatic rings. The summed E-state index contributed by atoms with van der Waals surface area (Å²) in [6.45, 7) is -0.524. The summed E-state index contributed by atoms with van der Waals surface area (Å²) in [6, 6.07) is 31.3. The van der Waals surface area contributed by atoms with Crippen molar-refractivity contribution in [3.63, 3.8) is 0 Å². The third-order valence-corrected chi connectivity index (χ3v) is 12.9. The van der Waals surface area contributed by atoms with Crippen LogP contribution in [-0.2, 0) is 34.2 Å². The molecule has 3 heterocycles. The van der Waals surface area contributed by atoms with Crippen molar-refractivity contribution in [1.82, 2.24) is 35.5 Å². The second-order valence-corrected chi connectivity index (χ2v) is 18.1. The normalized spacial score (nSPS) is 17.0. The van der Waals surface area contributed by atoms with Crippen molar-refractivity contribution in [2.45, 2.75) is 93.5 Å². The number of fused-ring (bicyclic) bond motifs is 1. The molecule has 0 radical (unpaired) electrons.